The van der Waals surface area contributed by atoms with Crippen LogP contribution in [-0.2, 0) is 16.1 Å². The normalized spacial score (nSPS) is 22.4. The molecular weight excluding hydrogens is 264 g/mol. The Labute approximate surface area is 126 Å². The van der Waals surface area contributed by atoms with Gasteiger partial charge in [-0.1, -0.05) is 32.0 Å². The molecule has 1 heterocycles. The lowest BCUT2D eigenvalue weighted by atomic mass is 9.98. The van der Waals surface area contributed by atoms with Crippen molar-refractivity contribution in [2.75, 3.05) is 0 Å². The van der Waals surface area contributed by atoms with E-state index < -0.39 is 0 Å². The van der Waals surface area contributed by atoms with Gasteiger partial charge in [-0.05, 0) is 43.4 Å². The Bertz CT molecular complexity index is 533. The zero-order chi connectivity index (χ0) is 15.6. The van der Waals surface area contributed by atoms with Crippen LogP contribution in [0.3, 0.4) is 0 Å². The fraction of sp³-hybridized carbons (Fsp3) is 0.529. The molecule has 2 amide bonds. The van der Waals surface area contributed by atoms with E-state index in [0.29, 0.717) is 19.4 Å². The molecule has 4 heteroatoms. The SMILES string of the molecule is CCC1NC(=O)C(CC)N(Cc2c(C)cccc2C)C1=O. The van der Waals surface area contributed by atoms with Crippen LogP contribution in [0.4, 0.5) is 0 Å². The maximum absolute atomic E-state index is 12.6. The zero-order valence-electron chi connectivity index (χ0n) is 13.3. The summed E-state index contributed by atoms with van der Waals surface area (Å²) in [7, 11) is 0. The molecule has 1 aliphatic rings. The van der Waals surface area contributed by atoms with Gasteiger partial charge in [-0.15, -0.1) is 0 Å². The summed E-state index contributed by atoms with van der Waals surface area (Å²) in [6.45, 7) is 8.48. The average Bonchev–Trinajstić information content (AvgIpc) is 2.46. The standard InChI is InChI=1S/C17H24N2O2/c1-5-14-17(21)19(15(6-2)16(20)18-14)10-13-11(3)8-7-9-12(13)4/h7-9,14-15H,5-6,10H2,1-4H3,(H,18,20). The fourth-order valence-corrected chi connectivity index (χ4v) is 2.96. The van der Waals surface area contributed by atoms with Crippen LogP contribution in [0.1, 0.15) is 43.4 Å². The Morgan fingerprint density at radius 2 is 1.71 bits per heavy atom. The third-order valence-electron chi connectivity index (χ3n) is 4.34. The van der Waals surface area contributed by atoms with Crippen molar-refractivity contribution in [3.8, 4) is 0 Å². The van der Waals surface area contributed by atoms with Gasteiger partial charge in [0, 0.05) is 6.54 Å². The third kappa shape index (κ3) is 2.94. The van der Waals surface area contributed by atoms with E-state index in [2.05, 4.69) is 31.3 Å². The molecule has 1 aromatic rings. The highest BCUT2D eigenvalue weighted by Crippen LogP contribution is 2.22. The minimum Gasteiger partial charge on any atom is -0.343 e. The van der Waals surface area contributed by atoms with E-state index in [1.54, 1.807) is 4.90 Å². The molecule has 1 fully saturated rings. The minimum absolute atomic E-state index is 0.0322. The summed E-state index contributed by atoms with van der Waals surface area (Å²) in [5.74, 6) is 0.00166. The van der Waals surface area contributed by atoms with Crippen LogP contribution in [0, 0.1) is 13.8 Å². The summed E-state index contributed by atoms with van der Waals surface area (Å²) in [6, 6.07) is 5.37. The molecule has 114 valence electrons. The Balaban J connectivity index is 2.33. The molecule has 0 saturated carbocycles. The van der Waals surface area contributed by atoms with E-state index in [4.69, 9.17) is 0 Å². The number of nitrogens with zero attached hydrogens (tertiary/aromatic N) is 1. The number of hydrogen-bond acceptors (Lipinski definition) is 2. The lowest BCUT2D eigenvalue weighted by Crippen LogP contribution is -2.62. The van der Waals surface area contributed by atoms with E-state index in [0.717, 1.165) is 16.7 Å². The lowest BCUT2D eigenvalue weighted by molar-refractivity contribution is -0.150. The molecule has 1 N–H and O–H groups in total. The van der Waals surface area contributed by atoms with Crippen molar-refractivity contribution in [2.24, 2.45) is 0 Å². The highest BCUT2D eigenvalue weighted by molar-refractivity contribution is 5.96. The summed E-state index contributed by atoms with van der Waals surface area (Å²) in [4.78, 5) is 26.6. The first kappa shape index (κ1) is 15.5. The number of rotatable bonds is 4. The van der Waals surface area contributed by atoms with Crippen LogP contribution in [0.15, 0.2) is 18.2 Å². The number of amides is 2. The quantitative estimate of drug-likeness (QED) is 0.924. The van der Waals surface area contributed by atoms with Gasteiger partial charge < -0.3 is 10.2 Å². The molecule has 2 rings (SSSR count). The first-order valence-electron chi connectivity index (χ1n) is 7.65. The van der Waals surface area contributed by atoms with E-state index in [1.165, 1.54) is 0 Å². The van der Waals surface area contributed by atoms with E-state index in [-0.39, 0.29) is 23.9 Å². The van der Waals surface area contributed by atoms with Crippen LogP contribution in [0.5, 0.6) is 0 Å². The molecule has 0 bridgehead atoms. The van der Waals surface area contributed by atoms with Crippen molar-refractivity contribution in [2.45, 2.75) is 59.2 Å². The van der Waals surface area contributed by atoms with Gasteiger partial charge in [-0.3, -0.25) is 9.59 Å². The molecule has 0 radical (unpaired) electrons. The third-order valence-corrected chi connectivity index (χ3v) is 4.34. The summed E-state index contributed by atoms with van der Waals surface area (Å²) in [5.41, 5.74) is 3.47. The smallest absolute Gasteiger partial charge is 0.246 e. The average molecular weight is 288 g/mol. The van der Waals surface area contributed by atoms with E-state index in [1.807, 2.05) is 19.9 Å². The molecule has 0 aliphatic carbocycles. The van der Waals surface area contributed by atoms with Crippen molar-refractivity contribution in [3.63, 3.8) is 0 Å². The summed E-state index contributed by atoms with van der Waals surface area (Å²) in [6.07, 6.45) is 1.27. The van der Waals surface area contributed by atoms with Crippen LogP contribution >= 0.6 is 0 Å². The molecule has 21 heavy (non-hydrogen) atoms. The van der Waals surface area contributed by atoms with Gasteiger partial charge in [0.05, 0.1) is 0 Å². The Hall–Kier alpha value is -1.84. The van der Waals surface area contributed by atoms with Crippen LogP contribution in [0.2, 0.25) is 0 Å². The number of carbonyl (C=O) groups is 2. The summed E-state index contributed by atoms with van der Waals surface area (Å²) in [5, 5.41) is 2.83. The predicted octanol–water partition coefficient (Wildman–Crippen LogP) is 2.32. The number of piperazine rings is 1. The molecule has 2 unspecified atom stereocenters. The molecule has 0 aromatic heterocycles. The van der Waals surface area contributed by atoms with Gasteiger partial charge >= 0.3 is 0 Å². The monoisotopic (exact) mass is 288 g/mol. The van der Waals surface area contributed by atoms with Crippen LogP contribution in [0.25, 0.3) is 0 Å². The molecule has 1 saturated heterocycles. The molecule has 1 aromatic carbocycles. The number of nitrogens with one attached hydrogen (secondary N) is 1. The Kier molecular flexibility index (Phi) is 4.66. The number of aryl methyl sites for hydroxylation is 2. The minimum atomic E-state index is -0.385. The van der Waals surface area contributed by atoms with Crippen molar-refractivity contribution in [1.29, 1.82) is 0 Å². The summed E-state index contributed by atoms with van der Waals surface area (Å²) < 4.78 is 0. The largest absolute Gasteiger partial charge is 0.343 e. The molecule has 2 atom stereocenters. The highest BCUT2D eigenvalue weighted by atomic mass is 16.2. The first-order valence-corrected chi connectivity index (χ1v) is 7.65. The molecule has 0 spiro atoms. The number of carbonyl (C=O) groups excluding carboxylic acids is 2. The van der Waals surface area contributed by atoms with Gasteiger partial charge in [-0.2, -0.15) is 0 Å². The maximum atomic E-state index is 12.6. The number of hydrogen-bond donors (Lipinski definition) is 1. The first-order chi connectivity index (χ1) is 9.99. The van der Waals surface area contributed by atoms with Gasteiger partial charge in [0.25, 0.3) is 0 Å². The number of benzene rings is 1. The summed E-state index contributed by atoms with van der Waals surface area (Å²) >= 11 is 0. The van der Waals surface area contributed by atoms with Gasteiger partial charge in [0.15, 0.2) is 0 Å². The van der Waals surface area contributed by atoms with Crippen molar-refractivity contribution in [1.82, 2.24) is 10.2 Å². The van der Waals surface area contributed by atoms with E-state index >= 15 is 0 Å². The molecule has 4 nitrogen and oxygen atoms in total. The van der Waals surface area contributed by atoms with Gasteiger partial charge in [0.1, 0.15) is 12.1 Å². The van der Waals surface area contributed by atoms with Crippen LogP contribution < -0.4 is 5.32 Å². The Morgan fingerprint density at radius 1 is 1.10 bits per heavy atom. The molecular formula is C17H24N2O2. The molecule has 1 aliphatic heterocycles. The van der Waals surface area contributed by atoms with Crippen molar-refractivity contribution in [3.05, 3.63) is 34.9 Å². The Morgan fingerprint density at radius 3 is 2.24 bits per heavy atom. The zero-order valence-corrected chi connectivity index (χ0v) is 13.3. The van der Waals surface area contributed by atoms with E-state index in [9.17, 15) is 9.59 Å². The van der Waals surface area contributed by atoms with Gasteiger partial charge in [-0.25, -0.2) is 0 Å². The second-order valence-corrected chi connectivity index (χ2v) is 5.73. The lowest BCUT2D eigenvalue weighted by Gasteiger charge is -2.39. The van der Waals surface area contributed by atoms with Gasteiger partial charge in [0.2, 0.25) is 11.8 Å². The predicted molar refractivity (Wildman–Crippen MR) is 82.8 cm³/mol. The topological polar surface area (TPSA) is 49.4 Å². The van der Waals surface area contributed by atoms with Crippen molar-refractivity contribution < 1.29 is 9.59 Å². The highest BCUT2D eigenvalue weighted by Gasteiger charge is 2.38. The van der Waals surface area contributed by atoms with Crippen molar-refractivity contribution >= 4 is 11.8 Å². The van der Waals surface area contributed by atoms with Crippen LogP contribution in [-0.4, -0.2) is 28.8 Å². The second kappa shape index (κ2) is 6.29. The second-order valence-electron chi connectivity index (χ2n) is 5.73. The fourth-order valence-electron chi connectivity index (χ4n) is 2.96. The maximum Gasteiger partial charge on any atom is 0.246 e.